The first-order valence-corrected chi connectivity index (χ1v) is 8.68. The standard InChI is InChI=1S/C20H25F2NO2/c1-4-17(24)23(11-14-5-7-15(8-6-14)18(21)22)16-9-20(10-16)12-19(2,3)25-13-20/h4-8,16,18H,1,9-13H2,2-3H3. The van der Waals surface area contributed by atoms with Crippen LogP contribution in [0.2, 0.25) is 0 Å². The summed E-state index contributed by atoms with van der Waals surface area (Å²) < 4.78 is 31.2. The Morgan fingerprint density at radius 1 is 1.36 bits per heavy atom. The van der Waals surface area contributed by atoms with Crippen molar-refractivity contribution in [1.82, 2.24) is 4.90 Å². The van der Waals surface area contributed by atoms with E-state index in [0.29, 0.717) is 6.54 Å². The maximum Gasteiger partial charge on any atom is 0.263 e. The molecule has 1 spiro atoms. The number of nitrogens with zero attached hydrogens (tertiary/aromatic N) is 1. The van der Waals surface area contributed by atoms with Gasteiger partial charge in [0, 0.05) is 23.6 Å². The summed E-state index contributed by atoms with van der Waals surface area (Å²) in [5.41, 5.74) is 0.929. The predicted octanol–water partition coefficient (Wildman–Crippen LogP) is 4.49. The molecule has 1 amide bonds. The van der Waals surface area contributed by atoms with Crippen LogP contribution >= 0.6 is 0 Å². The third-order valence-electron chi connectivity index (χ3n) is 5.39. The van der Waals surface area contributed by atoms with Gasteiger partial charge in [0.25, 0.3) is 6.43 Å². The molecule has 1 aromatic carbocycles. The fraction of sp³-hybridized carbons (Fsp3) is 0.550. The molecule has 1 aliphatic carbocycles. The minimum Gasteiger partial charge on any atom is -0.375 e. The zero-order valence-electron chi connectivity index (χ0n) is 14.8. The maximum atomic E-state index is 12.7. The number of carbonyl (C=O) groups excluding carboxylic acids is 1. The van der Waals surface area contributed by atoms with Gasteiger partial charge in [-0.2, -0.15) is 0 Å². The van der Waals surface area contributed by atoms with Crippen molar-refractivity contribution >= 4 is 5.91 Å². The minimum absolute atomic E-state index is 0.00159. The first-order chi connectivity index (χ1) is 11.7. The molecule has 136 valence electrons. The summed E-state index contributed by atoms with van der Waals surface area (Å²) in [4.78, 5) is 14.1. The average Bonchev–Trinajstić information content (AvgIpc) is 2.87. The molecule has 5 heteroatoms. The molecule has 3 rings (SSSR count). The third kappa shape index (κ3) is 3.76. The molecule has 1 heterocycles. The van der Waals surface area contributed by atoms with Crippen molar-refractivity contribution in [1.29, 1.82) is 0 Å². The molecule has 1 aromatic rings. The van der Waals surface area contributed by atoms with Gasteiger partial charge in [0.1, 0.15) is 0 Å². The van der Waals surface area contributed by atoms with Gasteiger partial charge < -0.3 is 9.64 Å². The van der Waals surface area contributed by atoms with Crippen molar-refractivity contribution < 1.29 is 18.3 Å². The van der Waals surface area contributed by atoms with Crippen molar-refractivity contribution in [2.45, 2.75) is 57.7 Å². The van der Waals surface area contributed by atoms with Crippen molar-refractivity contribution in [3.8, 4) is 0 Å². The summed E-state index contributed by atoms with van der Waals surface area (Å²) >= 11 is 0. The lowest BCUT2D eigenvalue weighted by Crippen LogP contribution is -2.53. The highest BCUT2D eigenvalue weighted by molar-refractivity contribution is 5.87. The highest BCUT2D eigenvalue weighted by Crippen LogP contribution is 2.54. The quantitative estimate of drug-likeness (QED) is 0.733. The molecule has 0 bridgehead atoms. The summed E-state index contributed by atoms with van der Waals surface area (Å²) in [6.07, 6.45) is 1.71. The van der Waals surface area contributed by atoms with E-state index in [4.69, 9.17) is 4.74 Å². The van der Waals surface area contributed by atoms with Gasteiger partial charge in [0.15, 0.2) is 0 Å². The van der Waals surface area contributed by atoms with Gasteiger partial charge in [-0.1, -0.05) is 30.8 Å². The number of hydrogen-bond acceptors (Lipinski definition) is 2. The summed E-state index contributed by atoms with van der Waals surface area (Å²) in [5.74, 6) is -0.115. The van der Waals surface area contributed by atoms with Crippen LogP contribution < -0.4 is 0 Å². The highest BCUT2D eigenvalue weighted by Gasteiger charge is 2.54. The number of halogens is 2. The number of alkyl halides is 2. The van der Waals surface area contributed by atoms with Crippen molar-refractivity contribution in [3.05, 3.63) is 48.0 Å². The fourth-order valence-electron chi connectivity index (χ4n) is 4.25. The molecule has 0 aromatic heterocycles. The lowest BCUT2D eigenvalue weighted by molar-refractivity contribution is -0.134. The Hall–Kier alpha value is -1.75. The van der Waals surface area contributed by atoms with E-state index in [1.54, 1.807) is 17.0 Å². The van der Waals surface area contributed by atoms with E-state index in [1.807, 2.05) is 0 Å². The molecule has 0 radical (unpaired) electrons. The first-order valence-electron chi connectivity index (χ1n) is 8.68. The average molecular weight is 349 g/mol. The number of hydrogen-bond donors (Lipinski definition) is 0. The van der Waals surface area contributed by atoms with Crippen LogP contribution in [-0.2, 0) is 16.1 Å². The van der Waals surface area contributed by atoms with Gasteiger partial charge in [-0.25, -0.2) is 8.78 Å². The number of ether oxygens (including phenoxy) is 1. The van der Waals surface area contributed by atoms with Crippen LogP contribution in [0.3, 0.4) is 0 Å². The highest BCUT2D eigenvalue weighted by atomic mass is 19.3. The molecule has 2 fully saturated rings. The topological polar surface area (TPSA) is 29.5 Å². The third-order valence-corrected chi connectivity index (χ3v) is 5.39. The second kappa shape index (κ2) is 6.52. The molecular formula is C20H25F2NO2. The molecule has 2 aliphatic rings. The Morgan fingerprint density at radius 3 is 2.48 bits per heavy atom. The Morgan fingerprint density at radius 2 is 2.00 bits per heavy atom. The Balaban J connectivity index is 1.67. The van der Waals surface area contributed by atoms with Crippen LogP contribution in [0.1, 0.15) is 50.7 Å². The molecule has 25 heavy (non-hydrogen) atoms. The lowest BCUT2D eigenvalue weighted by Gasteiger charge is -2.49. The van der Waals surface area contributed by atoms with Crippen molar-refractivity contribution in [3.63, 3.8) is 0 Å². The van der Waals surface area contributed by atoms with Gasteiger partial charge in [-0.05, 0) is 44.7 Å². The Labute approximate surface area is 147 Å². The monoisotopic (exact) mass is 349 g/mol. The zero-order chi connectivity index (χ0) is 18.2. The van der Waals surface area contributed by atoms with E-state index in [-0.39, 0.29) is 28.5 Å². The number of carbonyl (C=O) groups is 1. The van der Waals surface area contributed by atoms with Gasteiger partial charge >= 0.3 is 0 Å². The predicted molar refractivity (Wildman–Crippen MR) is 92.2 cm³/mol. The minimum atomic E-state index is -2.47. The van der Waals surface area contributed by atoms with E-state index < -0.39 is 6.43 Å². The normalized spacial score (nSPS) is 27.3. The van der Waals surface area contributed by atoms with Crippen LogP contribution in [0, 0.1) is 5.41 Å². The number of benzene rings is 1. The van der Waals surface area contributed by atoms with E-state index >= 15 is 0 Å². The van der Waals surface area contributed by atoms with Crippen molar-refractivity contribution in [2.24, 2.45) is 5.41 Å². The van der Waals surface area contributed by atoms with E-state index in [0.717, 1.165) is 31.4 Å². The zero-order valence-corrected chi connectivity index (χ0v) is 14.8. The summed E-state index contributed by atoms with van der Waals surface area (Å²) in [6.45, 7) is 8.97. The van der Waals surface area contributed by atoms with Crippen molar-refractivity contribution in [2.75, 3.05) is 6.61 Å². The smallest absolute Gasteiger partial charge is 0.263 e. The summed E-state index contributed by atoms with van der Waals surface area (Å²) in [7, 11) is 0. The van der Waals surface area contributed by atoms with Crippen LogP contribution in [0.25, 0.3) is 0 Å². The van der Waals surface area contributed by atoms with Gasteiger partial charge in [-0.15, -0.1) is 0 Å². The summed E-state index contributed by atoms with van der Waals surface area (Å²) in [6, 6.07) is 6.33. The molecule has 3 nitrogen and oxygen atoms in total. The Bertz CT molecular complexity index is 648. The largest absolute Gasteiger partial charge is 0.375 e. The van der Waals surface area contributed by atoms with E-state index in [9.17, 15) is 13.6 Å². The SMILES string of the molecule is C=CC(=O)N(Cc1ccc(C(F)F)cc1)C1CC2(COC(C)(C)C2)C1. The number of amides is 1. The lowest BCUT2D eigenvalue weighted by atomic mass is 9.62. The van der Waals surface area contributed by atoms with Crippen LogP contribution in [0.5, 0.6) is 0 Å². The first kappa shape index (κ1) is 18.1. The molecule has 1 saturated heterocycles. The molecule has 1 saturated carbocycles. The summed E-state index contributed by atoms with van der Waals surface area (Å²) in [5, 5.41) is 0. The fourth-order valence-corrected chi connectivity index (χ4v) is 4.25. The van der Waals surface area contributed by atoms with Gasteiger partial charge in [-0.3, -0.25) is 4.79 Å². The molecule has 1 aliphatic heterocycles. The Kier molecular flexibility index (Phi) is 4.71. The second-order valence-electron chi connectivity index (χ2n) is 8.00. The molecule has 0 unspecified atom stereocenters. The number of rotatable bonds is 5. The van der Waals surface area contributed by atoms with Crippen LogP contribution in [0.4, 0.5) is 8.78 Å². The maximum absolute atomic E-state index is 12.7. The molecular weight excluding hydrogens is 324 g/mol. The van der Waals surface area contributed by atoms with E-state index in [1.165, 1.54) is 18.2 Å². The van der Waals surface area contributed by atoms with E-state index in [2.05, 4.69) is 20.4 Å². The van der Waals surface area contributed by atoms with Crippen LogP contribution in [0.15, 0.2) is 36.9 Å². The second-order valence-corrected chi connectivity index (χ2v) is 8.00. The molecule has 0 atom stereocenters. The van der Waals surface area contributed by atoms with Gasteiger partial charge in [0.05, 0.1) is 12.2 Å². The van der Waals surface area contributed by atoms with Crippen LogP contribution in [-0.4, -0.2) is 29.1 Å². The molecule has 0 N–H and O–H groups in total. The van der Waals surface area contributed by atoms with Gasteiger partial charge in [0.2, 0.25) is 5.91 Å².